The van der Waals surface area contributed by atoms with Crippen molar-refractivity contribution in [2.24, 2.45) is 5.92 Å². The molecule has 0 saturated carbocycles. The van der Waals surface area contributed by atoms with E-state index in [9.17, 15) is 4.79 Å². The minimum atomic E-state index is 0.102. The van der Waals surface area contributed by atoms with Gasteiger partial charge in [-0.3, -0.25) is 4.79 Å². The summed E-state index contributed by atoms with van der Waals surface area (Å²) in [6, 6.07) is 3.76. The van der Waals surface area contributed by atoms with Gasteiger partial charge in [0.15, 0.2) is 0 Å². The summed E-state index contributed by atoms with van der Waals surface area (Å²) >= 11 is 0. The fourth-order valence-corrected chi connectivity index (χ4v) is 3.04. The highest BCUT2D eigenvalue weighted by Gasteiger charge is 2.18. The van der Waals surface area contributed by atoms with Crippen molar-refractivity contribution in [1.82, 2.24) is 15.2 Å². The van der Waals surface area contributed by atoms with Crippen molar-refractivity contribution in [3.63, 3.8) is 0 Å². The molecule has 2 aliphatic heterocycles. The van der Waals surface area contributed by atoms with Gasteiger partial charge in [-0.05, 0) is 31.4 Å². The van der Waals surface area contributed by atoms with Gasteiger partial charge in [-0.15, -0.1) is 0 Å². The number of nitrogens with one attached hydrogen (secondary N) is 2. The van der Waals surface area contributed by atoms with Crippen LogP contribution in [0.4, 0.5) is 5.82 Å². The van der Waals surface area contributed by atoms with Crippen LogP contribution in [0.3, 0.4) is 0 Å². The average Bonchev–Trinajstić information content (AvgIpc) is 2.89. The molecule has 23 heavy (non-hydrogen) atoms. The minimum absolute atomic E-state index is 0.102. The zero-order valence-electron chi connectivity index (χ0n) is 13.6. The summed E-state index contributed by atoms with van der Waals surface area (Å²) in [5, 5.41) is 6.69. The maximum Gasteiger partial charge on any atom is 0.255 e. The fourth-order valence-electron chi connectivity index (χ4n) is 3.04. The Morgan fingerprint density at radius 3 is 3.00 bits per heavy atom. The van der Waals surface area contributed by atoms with Crippen LogP contribution in [0.2, 0.25) is 0 Å². The predicted octanol–water partition coefficient (Wildman–Crippen LogP) is 1.36. The zero-order chi connectivity index (χ0) is 15.9. The van der Waals surface area contributed by atoms with Gasteiger partial charge in [-0.25, -0.2) is 4.98 Å². The molecular weight excluding hydrogens is 292 g/mol. The van der Waals surface area contributed by atoms with Gasteiger partial charge < -0.3 is 20.3 Å². The Kier molecular flexibility index (Phi) is 5.82. The second-order valence-corrected chi connectivity index (χ2v) is 6.31. The highest BCUT2D eigenvalue weighted by molar-refractivity contribution is 5.94. The third-order valence-corrected chi connectivity index (χ3v) is 4.44. The van der Waals surface area contributed by atoms with Gasteiger partial charge in [0.2, 0.25) is 0 Å². The van der Waals surface area contributed by atoms with E-state index in [2.05, 4.69) is 15.6 Å². The number of aromatic nitrogens is 1. The quantitative estimate of drug-likeness (QED) is 0.877. The molecule has 1 amide bonds. The van der Waals surface area contributed by atoms with E-state index in [0.29, 0.717) is 11.5 Å². The number of nitrogens with zero attached hydrogens (tertiary/aromatic N) is 2. The summed E-state index contributed by atoms with van der Waals surface area (Å²) in [4.78, 5) is 18.7. The van der Waals surface area contributed by atoms with Gasteiger partial charge in [0.1, 0.15) is 5.82 Å². The number of hydrogen-bond donors (Lipinski definition) is 2. The maximum atomic E-state index is 12.4. The molecule has 6 heteroatoms. The number of anilines is 1. The first-order valence-corrected chi connectivity index (χ1v) is 8.60. The van der Waals surface area contributed by atoms with E-state index in [1.807, 2.05) is 17.0 Å². The van der Waals surface area contributed by atoms with E-state index < -0.39 is 0 Å². The van der Waals surface area contributed by atoms with Gasteiger partial charge in [0.25, 0.3) is 5.91 Å². The number of pyridine rings is 1. The van der Waals surface area contributed by atoms with Crippen LogP contribution in [0.1, 0.15) is 29.6 Å². The number of ether oxygens (including phenoxy) is 1. The second kappa shape index (κ2) is 8.26. The topological polar surface area (TPSA) is 66.5 Å². The molecule has 1 unspecified atom stereocenters. The lowest BCUT2D eigenvalue weighted by Gasteiger charge is -2.26. The van der Waals surface area contributed by atoms with E-state index in [1.165, 1.54) is 6.42 Å². The molecule has 3 heterocycles. The van der Waals surface area contributed by atoms with Gasteiger partial charge in [0.05, 0.1) is 18.8 Å². The number of carbonyl (C=O) groups excluding carboxylic acids is 1. The SMILES string of the molecule is O=C(c1ccc(NCC2CNCCOC2)nc1)N1CCCCC1. The highest BCUT2D eigenvalue weighted by Crippen LogP contribution is 2.14. The van der Waals surface area contributed by atoms with Crippen LogP contribution in [-0.2, 0) is 4.74 Å². The zero-order valence-corrected chi connectivity index (χ0v) is 13.6. The molecule has 6 nitrogen and oxygen atoms in total. The monoisotopic (exact) mass is 318 g/mol. The molecule has 0 aromatic carbocycles. The van der Waals surface area contributed by atoms with Crippen molar-refractivity contribution >= 4 is 11.7 Å². The van der Waals surface area contributed by atoms with Crippen LogP contribution >= 0.6 is 0 Å². The highest BCUT2D eigenvalue weighted by atomic mass is 16.5. The Morgan fingerprint density at radius 2 is 2.22 bits per heavy atom. The molecule has 2 N–H and O–H groups in total. The van der Waals surface area contributed by atoms with E-state index in [0.717, 1.165) is 64.6 Å². The van der Waals surface area contributed by atoms with Crippen LogP contribution in [0.15, 0.2) is 18.3 Å². The molecule has 0 bridgehead atoms. The van der Waals surface area contributed by atoms with Gasteiger partial charge >= 0.3 is 0 Å². The first kappa shape index (κ1) is 16.2. The Morgan fingerprint density at radius 1 is 1.35 bits per heavy atom. The van der Waals surface area contributed by atoms with Crippen molar-refractivity contribution in [2.45, 2.75) is 19.3 Å². The summed E-state index contributed by atoms with van der Waals surface area (Å²) in [7, 11) is 0. The molecule has 2 aliphatic rings. The summed E-state index contributed by atoms with van der Waals surface area (Å²) < 4.78 is 5.54. The molecule has 2 fully saturated rings. The van der Waals surface area contributed by atoms with Crippen molar-refractivity contribution in [2.75, 3.05) is 51.3 Å². The Hall–Kier alpha value is -1.66. The summed E-state index contributed by atoms with van der Waals surface area (Å²) in [6.45, 7) is 5.98. The smallest absolute Gasteiger partial charge is 0.255 e. The molecule has 0 spiro atoms. The molecule has 0 aliphatic carbocycles. The number of amides is 1. The molecule has 0 radical (unpaired) electrons. The van der Waals surface area contributed by atoms with E-state index in [-0.39, 0.29) is 5.91 Å². The van der Waals surface area contributed by atoms with Crippen LogP contribution < -0.4 is 10.6 Å². The van der Waals surface area contributed by atoms with Crippen molar-refractivity contribution < 1.29 is 9.53 Å². The molecule has 1 atom stereocenters. The van der Waals surface area contributed by atoms with Crippen LogP contribution in [-0.4, -0.2) is 61.7 Å². The first-order chi connectivity index (χ1) is 11.3. The Balaban J connectivity index is 1.51. The predicted molar refractivity (Wildman–Crippen MR) is 89.7 cm³/mol. The van der Waals surface area contributed by atoms with E-state index in [4.69, 9.17) is 4.74 Å². The Labute approximate surface area is 137 Å². The van der Waals surface area contributed by atoms with Crippen LogP contribution in [0.5, 0.6) is 0 Å². The minimum Gasteiger partial charge on any atom is -0.380 e. The molecular formula is C17H26N4O2. The lowest BCUT2D eigenvalue weighted by molar-refractivity contribution is 0.0724. The summed E-state index contributed by atoms with van der Waals surface area (Å²) in [6.07, 6.45) is 5.12. The van der Waals surface area contributed by atoms with Crippen molar-refractivity contribution in [3.8, 4) is 0 Å². The number of likely N-dealkylation sites (tertiary alicyclic amines) is 1. The molecule has 1 aromatic rings. The fraction of sp³-hybridized carbons (Fsp3) is 0.647. The standard InChI is InChI=1S/C17H26N4O2/c22-17(21-7-2-1-3-8-21)15-4-5-16(20-12-15)19-11-14-10-18-6-9-23-13-14/h4-5,12,14,18H,1-3,6-11,13H2,(H,19,20). The largest absolute Gasteiger partial charge is 0.380 e. The normalized spacial score (nSPS) is 22.4. The van der Waals surface area contributed by atoms with Crippen molar-refractivity contribution in [3.05, 3.63) is 23.9 Å². The lowest BCUT2D eigenvalue weighted by atomic mass is 10.1. The Bertz CT molecular complexity index is 492. The van der Waals surface area contributed by atoms with Crippen molar-refractivity contribution in [1.29, 1.82) is 0 Å². The van der Waals surface area contributed by atoms with E-state index >= 15 is 0 Å². The molecule has 1 aromatic heterocycles. The number of carbonyl (C=O) groups is 1. The maximum absolute atomic E-state index is 12.4. The summed E-state index contributed by atoms with van der Waals surface area (Å²) in [5.41, 5.74) is 0.678. The second-order valence-electron chi connectivity index (χ2n) is 6.31. The van der Waals surface area contributed by atoms with E-state index in [1.54, 1.807) is 6.20 Å². The lowest BCUT2D eigenvalue weighted by Crippen LogP contribution is -2.35. The molecule has 3 rings (SSSR count). The van der Waals surface area contributed by atoms with Crippen LogP contribution in [0, 0.1) is 5.92 Å². The molecule has 126 valence electrons. The van der Waals surface area contributed by atoms with Gasteiger partial charge in [-0.1, -0.05) is 0 Å². The third-order valence-electron chi connectivity index (χ3n) is 4.44. The number of hydrogen-bond acceptors (Lipinski definition) is 5. The average molecular weight is 318 g/mol. The van der Waals surface area contributed by atoms with Crippen LogP contribution in [0.25, 0.3) is 0 Å². The third kappa shape index (κ3) is 4.65. The molecule has 2 saturated heterocycles. The number of rotatable bonds is 4. The summed E-state index contributed by atoms with van der Waals surface area (Å²) in [5.74, 6) is 1.35. The van der Waals surface area contributed by atoms with Gasteiger partial charge in [0, 0.05) is 44.8 Å². The van der Waals surface area contributed by atoms with Gasteiger partial charge in [-0.2, -0.15) is 0 Å². The first-order valence-electron chi connectivity index (χ1n) is 8.60. The number of piperidine rings is 1.